The van der Waals surface area contributed by atoms with Crippen molar-refractivity contribution in [2.45, 2.75) is 39.8 Å². The summed E-state index contributed by atoms with van der Waals surface area (Å²) in [7, 11) is 0. The molecule has 0 fully saturated rings. The zero-order valence-corrected chi connectivity index (χ0v) is 19.8. The van der Waals surface area contributed by atoms with Crippen LogP contribution < -0.4 is 5.73 Å². The van der Waals surface area contributed by atoms with Gasteiger partial charge < -0.3 is 20.3 Å². The van der Waals surface area contributed by atoms with E-state index in [2.05, 4.69) is 0 Å². The average Bonchev–Trinajstić information content (AvgIpc) is 3.19. The summed E-state index contributed by atoms with van der Waals surface area (Å²) in [5.41, 5.74) is 6.52. The highest BCUT2D eigenvalue weighted by molar-refractivity contribution is 5.77. The Bertz CT molecular complexity index is 1110. The molecule has 3 rings (SSSR count). The average molecular weight is 471 g/mol. The van der Waals surface area contributed by atoms with Gasteiger partial charge in [0.25, 0.3) is 0 Å². The minimum atomic E-state index is -0.651. The minimum Gasteiger partial charge on any atom is -0.387 e. The molecule has 0 aliphatic rings. The molecule has 0 unspecified atom stereocenters. The molecule has 2 aromatic carbocycles. The van der Waals surface area contributed by atoms with Gasteiger partial charge in [0.05, 0.1) is 11.7 Å². The molecule has 6 nitrogen and oxygen atoms in total. The lowest BCUT2D eigenvalue weighted by atomic mass is 9.84. The first-order valence-electron chi connectivity index (χ1n) is 11.3. The van der Waals surface area contributed by atoms with Crippen molar-refractivity contribution in [3.63, 3.8) is 0 Å². The summed E-state index contributed by atoms with van der Waals surface area (Å²) in [6, 6.07) is 12.4. The highest BCUT2D eigenvalue weighted by Gasteiger charge is 2.38. The van der Waals surface area contributed by atoms with Gasteiger partial charge in [-0.15, -0.1) is 0 Å². The van der Waals surface area contributed by atoms with Gasteiger partial charge in [-0.1, -0.05) is 51.1 Å². The Morgan fingerprint density at radius 2 is 1.88 bits per heavy atom. The molecule has 0 aliphatic heterocycles. The number of carbonyl (C=O) groups excluding carboxylic acids is 1. The standard InChI is InChI=1S/C26H32F2N4O2/c1-26(2,3)24(32(13-7-12-29)23(34)17-33)25-30-22(20-14-19(27)10-11-21(20)28)16-31(25)15-18-8-5-4-6-9-18/h4-6,8-11,14,16,24,33H,7,12-13,15,17,29H2,1-3H3/t24-/m0/s1. The van der Waals surface area contributed by atoms with Crippen LogP contribution in [0.4, 0.5) is 8.78 Å². The quantitative estimate of drug-likeness (QED) is 0.493. The summed E-state index contributed by atoms with van der Waals surface area (Å²) >= 11 is 0. The maximum absolute atomic E-state index is 14.6. The minimum absolute atomic E-state index is 0.0442. The van der Waals surface area contributed by atoms with Crippen LogP contribution in [0.2, 0.25) is 0 Å². The van der Waals surface area contributed by atoms with Gasteiger partial charge in [-0.25, -0.2) is 13.8 Å². The van der Waals surface area contributed by atoms with Crippen molar-refractivity contribution in [2.75, 3.05) is 19.7 Å². The molecule has 1 atom stereocenters. The number of halogens is 2. The molecule has 182 valence electrons. The summed E-state index contributed by atoms with van der Waals surface area (Å²) in [5, 5.41) is 9.68. The van der Waals surface area contributed by atoms with E-state index in [-0.39, 0.29) is 11.3 Å². The first-order valence-corrected chi connectivity index (χ1v) is 11.3. The molecule has 0 radical (unpaired) electrons. The summed E-state index contributed by atoms with van der Waals surface area (Å²) < 4.78 is 30.5. The Labute approximate surface area is 199 Å². The summed E-state index contributed by atoms with van der Waals surface area (Å²) in [5.74, 6) is -1.08. The van der Waals surface area contributed by atoms with E-state index in [0.29, 0.717) is 31.9 Å². The second-order valence-electron chi connectivity index (χ2n) is 9.38. The number of amides is 1. The van der Waals surface area contributed by atoms with Crippen LogP contribution in [0.5, 0.6) is 0 Å². The van der Waals surface area contributed by atoms with Crippen molar-refractivity contribution >= 4 is 5.91 Å². The maximum atomic E-state index is 14.6. The molecule has 34 heavy (non-hydrogen) atoms. The van der Waals surface area contributed by atoms with E-state index in [1.54, 1.807) is 11.1 Å². The Balaban J connectivity index is 2.20. The number of imidazole rings is 1. The van der Waals surface area contributed by atoms with Crippen LogP contribution in [0, 0.1) is 17.0 Å². The number of aliphatic hydroxyl groups is 1. The van der Waals surface area contributed by atoms with Gasteiger partial charge in [0.15, 0.2) is 0 Å². The molecule has 1 amide bonds. The Kier molecular flexibility index (Phi) is 8.17. The van der Waals surface area contributed by atoms with Crippen molar-refractivity contribution < 1.29 is 18.7 Å². The van der Waals surface area contributed by atoms with E-state index in [4.69, 9.17) is 10.7 Å². The largest absolute Gasteiger partial charge is 0.387 e. The van der Waals surface area contributed by atoms with E-state index < -0.39 is 35.6 Å². The van der Waals surface area contributed by atoms with Gasteiger partial charge in [0.2, 0.25) is 5.91 Å². The fraction of sp³-hybridized carbons (Fsp3) is 0.385. The molecule has 0 aliphatic carbocycles. The van der Waals surface area contributed by atoms with Crippen molar-refractivity contribution in [3.05, 3.63) is 77.8 Å². The highest BCUT2D eigenvalue weighted by atomic mass is 19.1. The van der Waals surface area contributed by atoms with Crippen LogP contribution in [0.1, 0.15) is 44.6 Å². The number of benzene rings is 2. The van der Waals surface area contributed by atoms with Crippen LogP contribution in [0.3, 0.4) is 0 Å². The SMILES string of the molecule is CC(C)(C)[C@H](c1nc(-c2cc(F)ccc2F)cn1Cc1ccccc1)N(CCCN)C(=O)CO. The van der Waals surface area contributed by atoms with Gasteiger partial charge in [-0.05, 0) is 42.1 Å². The molecule has 1 heterocycles. The predicted octanol–water partition coefficient (Wildman–Crippen LogP) is 4.13. The number of nitrogens with two attached hydrogens (primary N) is 1. The van der Waals surface area contributed by atoms with Crippen molar-refractivity contribution in [3.8, 4) is 11.3 Å². The van der Waals surface area contributed by atoms with E-state index in [1.807, 2.05) is 55.7 Å². The number of aromatic nitrogens is 2. The molecule has 0 saturated carbocycles. The smallest absolute Gasteiger partial charge is 0.248 e. The zero-order valence-electron chi connectivity index (χ0n) is 19.8. The Morgan fingerprint density at radius 1 is 1.18 bits per heavy atom. The summed E-state index contributed by atoms with van der Waals surface area (Å²) in [6.45, 7) is 6.40. The van der Waals surface area contributed by atoms with Crippen LogP contribution >= 0.6 is 0 Å². The van der Waals surface area contributed by atoms with Crippen LogP contribution in [-0.2, 0) is 11.3 Å². The summed E-state index contributed by atoms with van der Waals surface area (Å²) in [6.07, 6.45) is 2.23. The lowest BCUT2D eigenvalue weighted by Gasteiger charge is -2.39. The van der Waals surface area contributed by atoms with Gasteiger partial charge >= 0.3 is 0 Å². The van der Waals surface area contributed by atoms with Crippen molar-refractivity contribution in [2.24, 2.45) is 11.1 Å². The molecule has 3 N–H and O–H groups in total. The Morgan fingerprint density at radius 3 is 2.50 bits per heavy atom. The van der Waals surface area contributed by atoms with Crippen molar-refractivity contribution in [1.29, 1.82) is 0 Å². The number of carbonyl (C=O) groups is 1. The molecule has 0 bridgehead atoms. The lowest BCUT2D eigenvalue weighted by molar-refractivity contribution is -0.139. The Hall–Kier alpha value is -3.10. The monoisotopic (exact) mass is 470 g/mol. The number of rotatable bonds is 9. The second kappa shape index (κ2) is 10.9. The van der Waals surface area contributed by atoms with Crippen molar-refractivity contribution in [1.82, 2.24) is 14.5 Å². The van der Waals surface area contributed by atoms with E-state index in [1.165, 1.54) is 0 Å². The molecular formula is C26H32F2N4O2. The third-order valence-electron chi connectivity index (χ3n) is 5.64. The number of aliphatic hydroxyl groups excluding tert-OH is 1. The second-order valence-corrected chi connectivity index (χ2v) is 9.38. The normalized spacial score (nSPS) is 12.6. The first kappa shape index (κ1) is 25.5. The van der Waals surface area contributed by atoms with E-state index in [9.17, 15) is 18.7 Å². The molecule has 3 aromatic rings. The topological polar surface area (TPSA) is 84.4 Å². The molecule has 8 heteroatoms. The predicted molar refractivity (Wildman–Crippen MR) is 128 cm³/mol. The van der Waals surface area contributed by atoms with E-state index in [0.717, 1.165) is 23.8 Å². The third kappa shape index (κ3) is 5.87. The molecule has 0 saturated heterocycles. The van der Waals surface area contributed by atoms with Crippen LogP contribution in [-0.4, -0.2) is 45.2 Å². The maximum Gasteiger partial charge on any atom is 0.248 e. The fourth-order valence-corrected chi connectivity index (χ4v) is 4.12. The molecule has 1 aromatic heterocycles. The molecule has 0 spiro atoms. The highest BCUT2D eigenvalue weighted by Crippen LogP contribution is 2.39. The third-order valence-corrected chi connectivity index (χ3v) is 5.64. The number of hydrogen-bond acceptors (Lipinski definition) is 4. The van der Waals surface area contributed by atoms with E-state index >= 15 is 0 Å². The van der Waals surface area contributed by atoms with Gasteiger partial charge in [0.1, 0.15) is 24.1 Å². The zero-order chi connectivity index (χ0) is 24.9. The molecular weight excluding hydrogens is 438 g/mol. The van der Waals surface area contributed by atoms with Crippen LogP contribution in [0.15, 0.2) is 54.7 Å². The van der Waals surface area contributed by atoms with Gasteiger partial charge in [-0.3, -0.25) is 4.79 Å². The van der Waals surface area contributed by atoms with Crippen LogP contribution in [0.25, 0.3) is 11.3 Å². The lowest BCUT2D eigenvalue weighted by Crippen LogP contribution is -2.44. The van der Waals surface area contributed by atoms with Gasteiger partial charge in [-0.2, -0.15) is 0 Å². The summed E-state index contributed by atoms with van der Waals surface area (Å²) in [4.78, 5) is 19.1. The first-order chi connectivity index (χ1) is 16.2. The number of nitrogens with zero attached hydrogens (tertiary/aromatic N) is 3. The van der Waals surface area contributed by atoms with Gasteiger partial charge in [0, 0.05) is 24.8 Å². The fourth-order valence-electron chi connectivity index (χ4n) is 4.12. The number of hydrogen-bond donors (Lipinski definition) is 2.